The largest absolute Gasteiger partial charge is 0.488 e. The standard InChI is InChI=1S/C14H20O/c1-6-11-8-9-13(12(7-2)10-11)15-14(3,4)5/h6,8-10H,1,7H2,2-5H3. The molecule has 0 radical (unpaired) electrons. The molecule has 0 heterocycles. The first-order valence-corrected chi connectivity index (χ1v) is 5.40. The van der Waals surface area contributed by atoms with Crippen molar-refractivity contribution in [2.45, 2.75) is 39.7 Å². The second-order valence-corrected chi connectivity index (χ2v) is 4.64. The third-order valence-corrected chi connectivity index (χ3v) is 2.12. The van der Waals surface area contributed by atoms with Crippen LogP contribution in [0.2, 0.25) is 0 Å². The van der Waals surface area contributed by atoms with Gasteiger partial charge in [0.1, 0.15) is 11.4 Å². The second-order valence-electron chi connectivity index (χ2n) is 4.64. The zero-order chi connectivity index (χ0) is 11.5. The lowest BCUT2D eigenvalue weighted by molar-refractivity contribution is 0.129. The Morgan fingerprint density at radius 3 is 2.47 bits per heavy atom. The van der Waals surface area contributed by atoms with Gasteiger partial charge in [0.15, 0.2) is 0 Å². The van der Waals surface area contributed by atoms with Gasteiger partial charge in [-0.2, -0.15) is 0 Å². The van der Waals surface area contributed by atoms with Crippen LogP contribution in [0, 0.1) is 0 Å². The highest BCUT2D eigenvalue weighted by molar-refractivity contribution is 5.51. The van der Waals surface area contributed by atoms with Gasteiger partial charge in [-0.3, -0.25) is 0 Å². The summed E-state index contributed by atoms with van der Waals surface area (Å²) in [5, 5.41) is 0. The molecule has 0 fully saturated rings. The molecule has 82 valence electrons. The minimum atomic E-state index is -0.139. The molecule has 1 nitrogen and oxygen atoms in total. The predicted molar refractivity (Wildman–Crippen MR) is 66.3 cm³/mol. The van der Waals surface area contributed by atoms with Crippen LogP contribution < -0.4 is 4.74 Å². The van der Waals surface area contributed by atoms with Gasteiger partial charge in [0.05, 0.1) is 0 Å². The van der Waals surface area contributed by atoms with Crippen LogP contribution in [0.3, 0.4) is 0 Å². The van der Waals surface area contributed by atoms with Crippen molar-refractivity contribution >= 4 is 6.08 Å². The number of ether oxygens (including phenoxy) is 1. The summed E-state index contributed by atoms with van der Waals surface area (Å²) in [7, 11) is 0. The number of hydrogen-bond acceptors (Lipinski definition) is 1. The van der Waals surface area contributed by atoms with E-state index in [9.17, 15) is 0 Å². The summed E-state index contributed by atoms with van der Waals surface area (Å²) in [6.45, 7) is 12.1. The predicted octanol–water partition coefficient (Wildman–Crippen LogP) is 4.07. The first-order chi connectivity index (χ1) is 6.96. The van der Waals surface area contributed by atoms with Gasteiger partial charge in [0.2, 0.25) is 0 Å². The van der Waals surface area contributed by atoms with Crippen molar-refractivity contribution in [1.29, 1.82) is 0 Å². The lowest BCUT2D eigenvalue weighted by atomic mass is 10.1. The van der Waals surface area contributed by atoms with E-state index >= 15 is 0 Å². The molecular formula is C14H20O. The van der Waals surface area contributed by atoms with Crippen LogP contribution >= 0.6 is 0 Å². The molecule has 0 spiro atoms. The molecule has 0 N–H and O–H groups in total. The Morgan fingerprint density at radius 1 is 1.33 bits per heavy atom. The van der Waals surface area contributed by atoms with Gasteiger partial charge in [0.25, 0.3) is 0 Å². The van der Waals surface area contributed by atoms with Crippen molar-refractivity contribution < 1.29 is 4.74 Å². The quantitative estimate of drug-likeness (QED) is 0.721. The van der Waals surface area contributed by atoms with Gasteiger partial charge in [-0.25, -0.2) is 0 Å². The molecule has 1 heteroatoms. The number of hydrogen-bond donors (Lipinski definition) is 0. The van der Waals surface area contributed by atoms with Crippen molar-refractivity contribution in [3.05, 3.63) is 35.9 Å². The third-order valence-electron chi connectivity index (χ3n) is 2.12. The van der Waals surface area contributed by atoms with E-state index in [0.29, 0.717) is 0 Å². The van der Waals surface area contributed by atoms with Crippen LogP contribution in [0.4, 0.5) is 0 Å². The van der Waals surface area contributed by atoms with E-state index < -0.39 is 0 Å². The van der Waals surface area contributed by atoms with Crippen molar-refractivity contribution in [2.24, 2.45) is 0 Å². The van der Waals surface area contributed by atoms with E-state index in [2.05, 4.69) is 40.3 Å². The van der Waals surface area contributed by atoms with Gasteiger partial charge in [0, 0.05) is 0 Å². The van der Waals surface area contributed by atoms with E-state index in [1.807, 2.05) is 18.2 Å². The average molecular weight is 204 g/mol. The summed E-state index contributed by atoms with van der Waals surface area (Å²) < 4.78 is 5.89. The SMILES string of the molecule is C=Cc1ccc(OC(C)(C)C)c(CC)c1. The van der Waals surface area contributed by atoms with Gasteiger partial charge >= 0.3 is 0 Å². The lowest BCUT2D eigenvalue weighted by Crippen LogP contribution is -2.23. The van der Waals surface area contributed by atoms with Gasteiger partial charge < -0.3 is 4.74 Å². The molecule has 0 unspecified atom stereocenters. The van der Waals surface area contributed by atoms with E-state index in [0.717, 1.165) is 17.7 Å². The van der Waals surface area contributed by atoms with Crippen LogP contribution in [-0.2, 0) is 6.42 Å². The highest BCUT2D eigenvalue weighted by Crippen LogP contribution is 2.25. The van der Waals surface area contributed by atoms with Crippen molar-refractivity contribution in [3.63, 3.8) is 0 Å². The van der Waals surface area contributed by atoms with Crippen LogP contribution in [0.25, 0.3) is 6.08 Å². The Labute approximate surface area is 92.8 Å². The Balaban J connectivity index is 3.02. The Morgan fingerprint density at radius 2 is 2.00 bits per heavy atom. The molecule has 0 aliphatic heterocycles. The minimum absolute atomic E-state index is 0.139. The third kappa shape index (κ3) is 3.43. The highest BCUT2D eigenvalue weighted by atomic mass is 16.5. The zero-order valence-electron chi connectivity index (χ0n) is 10.1. The molecule has 1 aromatic carbocycles. The summed E-state index contributed by atoms with van der Waals surface area (Å²) in [6.07, 6.45) is 2.84. The molecular weight excluding hydrogens is 184 g/mol. The smallest absolute Gasteiger partial charge is 0.123 e. The van der Waals surface area contributed by atoms with E-state index in [1.165, 1.54) is 5.56 Å². The first kappa shape index (κ1) is 11.8. The van der Waals surface area contributed by atoms with Crippen LogP contribution in [0.15, 0.2) is 24.8 Å². The molecule has 1 rings (SSSR count). The van der Waals surface area contributed by atoms with Crippen molar-refractivity contribution in [3.8, 4) is 5.75 Å². The molecule has 1 aromatic rings. The second kappa shape index (κ2) is 4.52. The normalized spacial score (nSPS) is 11.2. The van der Waals surface area contributed by atoms with Gasteiger partial charge in [-0.15, -0.1) is 0 Å². The van der Waals surface area contributed by atoms with Crippen molar-refractivity contribution in [2.75, 3.05) is 0 Å². The maximum Gasteiger partial charge on any atom is 0.123 e. The molecule has 0 bridgehead atoms. The highest BCUT2D eigenvalue weighted by Gasteiger charge is 2.13. The van der Waals surface area contributed by atoms with Crippen LogP contribution in [-0.4, -0.2) is 5.60 Å². The fraction of sp³-hybridized carbons (Fsp3) is 0.429. The summed E-state index contributed by atoms with van der Waals surface area (Å²) >= 11 is 0. The molecule has 0 aliphatic rings. The molecule has 15 heavy (non-hydrogen) atoms. The number of aryl methyl sites for hydroxylation is 1. The lowest BCUT2D eigenvalue weighted by Gasteiger charge is -2.23. The molecule has 0 aliphatic carbocycles. The monoisotopic (exact) mass is 204 g/mol. The maximum atomic E-state index is 5.89. The average Bonchev–Trinajstić information content (AvgIpc) is 2.16. The molecule has 0 saturated carbocycles. The molecule has 0 atom stereocenters. The summed E-state index contributed by atoms with van der Waals surface area (Å²) in [6, 6.07) is 6.20. The molecule has 0 saturated heterocycles. The van der Waals surface area contributed by atoms with E-state index in [4.69, 9.17) is 4.74 Å². The maximum absolute atomic E-state index is 5.89. The fourth-order valence-corrected chi connectivity index (χ4v) is 1.43. The summed E-state index contributed by atoms with van der Waals surface area (Å²) in [5.41, 5.74) is 2.25. The zero-order valence-corrected chi connectivity index (χ0v) is 10.1. The Kier molecular flexibility index (Phi) is 3.57. The van der Waals surface area contributed by atoms with Crippen LogP contribution in [0.5, 0.6) is 5.75 Å². The molecule has 0 amide bonds. The molecule has 0 aromatic heterocycles. The Bertz CT molecular complexity index is 345. The number of benzene rings is 1. The Hall–Kier alpha value is -1.24. The first-order valence-electron chi connectivity index (χ1n) is 5.40. The fourth-order valence-electron chi connectivity index (χ4n) is 1.43. The number of rotatable bonds is 3. The van der Waals surface area contributed by atoms with E-state index in [1.54, 1.807) is 0 Å². The van der Waals surface area contributed by atoms with Gasteiger partial charge in [-0.1, -0.05) is 25.6 Å². The summed E-state index contributed by atoms with van der Waals surface area (Å²) in [5.74, 6) is 0.982. The van der Waals surface area contributed by atoms with Crippen molar-refractivity contribution in [1.82, 2.24) is 0 Å². The van der Waals surface area contributed by atoms with E-state index in [-0.39, 0.29) is 5.60 Å². The van der Waals surface area contributed by atoms with Crippen LogP contribution in [0.1, 0.15) is 38.8 Å². The topological polar surface area (TPSA) is 9.23 Å². The minimum Gasteiger partial charge on any atom is -0.488 e. The summed E-state index contributed by atoms with van der Waals surface area (Å²) in [4.78, 5) is 0. The van der Waals surface area contributed by atoms with Gasteiger partial charge in [-0.05, 0) is 50.5 Å².